The predicted octanol–water partition coefficient (Wildman–Crippen LogP) is 4.78. The molecular weight excluding hydrogens is 424 g/mol. The number of rotatable bonds is 5. The van der Waals surface area contributed by atoms with Gasteiger partial charge in [-0.2, -0.15) is 0 Å². The zero-order valence-corrected chi connectivity index (χ0v) is 19.2. The zero-order chi connectivity index (χ0) is 22.0. The second-order valence-electron chi connectivity index (χ2n) is 9.32. The smallest absolute Gasteiger partial charge is 0.254 e. The highest BCUT2D eigenvalue weighted by Crippen LogP contribution is 2.38. The van der Waals surface area contributed by atoms with E-state index in [4.69, 9.17) is 21.1 Å². The molecule has 3 aliphatic rings. The van der Waals surface area contributed by atoms with E-state index in [-0.39, 0.29) is 17.6 Å². The second kappa shape index (κ2) is 9.42. The van der Waals surface area contributed by atoms with Crippen molar-refractivity contribution in [3.05, 3.63) is 64.7 Å². The highest BCUT2D eigenvalue weighted by molar-refractivity contribution is 6.30. The highest BCUT2D eigenvalue weighted by atomic mass is 35.5. The zero-order valence-electron chi connectivity index (χ0n) is 18.5. The highest BCUT2D eigenvalue weighted by Gasteiger charge is 2.44. The molecule has 1 atom stereocenters. The number of hydrogen-bond donors (Lipinski definition) is 0. The van der Waals surface area contributed by atoms with Gasteiger partial charge in [0.15, 0.2) is 0 Å². The summed E-state index contributed by atoms with van der Waals surface area (Å²) in [7, 11) is 0. The van der Waals surface area contributed by atoms with Crippen molar-refractivity contribution in [2.75, 3.05) is 32.8 Å². The number of carbonyl (C=O) groups is 1. The molecule has 0 aromatic heterocycles. The summed E-state index contributed by atoms with van der Waals surface area (Å²) in [4.78, 5) is 17.8. The molecule has 0 aliphatic carbocycles. The van der Waals surface area contributed by atoms with Gasteiger partial charge in [-0.3, -0.25) is 9.69 Å². The lowest BCUT2D eigenvalue weighted by Gasteiger charge is -2.38. The molecule has 3 heterocycles. The van der Waals surface area contributed by atoms with Crippen LogP contribution in [0.5, 0.6) is 5.75 Å². The van der Waals surface area contributed by atoms with Crippen LogP contribution >= 0.6 is 11.6 Å². The Morgan fingerprint density at radius 2 is 1.75 bits per heavy atom. The largest absolute Gasteiger partial charge is 0.488 e. The third kappa shape index (κ3) is 4.80. The van der Waals surface area contributed by atoms with E-state index in [0.717, 1.165) is 68.9 Å². The molecule has 3 fully saturated rings. The van der Waals surface area contributed by atoms with Gasteiger partial charge in [-0.15, -0.1) is 0 Å². The Hall–Kier alpha value is -2.08. The first-order chi connectivity index (χ1) is 15.6. The summed E-state index contributed by atoms with van der Waals surface area (Å²) in [5.74, 6) is 0.976. The van der Waals surface area contributed by atoms with E-state index < -0.39 is 0 Å². The van der Waals surface area contributed by atoms with Crippen molar-refractivity contribution < 1.29 is 14.3 Å². The first-order valence-electron chi connectivity index (χ1n) is 11.8. The van der Waals surface area contributed by atoms with Crippen LogP contribution in [0.2, 0.25) is 5.02 Å². The van der Waals surface area contributed by atoms with Crippen LogP contribution in [0.25, 0.3) is 0 Å². The number of ether oxygens (including phenoxy) is 2. The third-order valence-corrected chi connectivity index (χ3v) is 7.35. The first kappa shape index (κ1) is 21.7. The lowest BCUT2D eigenvalue weighted by atomic mass is 9.87. The summed E-state index contributed by atoms with van der Waals surface area (Å²) in [5, 5.41) is 0.704. The van der Waals surface area contributed by atoms with Crippen molar-refractivity contribution in [3.8, 4) is 5.75 Å². The Balaban J connectivity index is 1.18. The Morgan fingerprint density at radius 1 is 1.03 bits per heavy atom. The van der Waals surface area contributed by atoms with Crippen LogP contribution < -0.4 is 4.74 Å². The van der Waals surface area contributed by atoms with Crippen LogP contribution in [0.3, 0.4) is 0 Å². The number of likely N-dealkylation sites (tertiary alicyclic amines) is 2. The Kier molecular flexibility index (Phi) is 6.40. The molecular formula is C26H31ClN2O3. The SMILES string of the molecule is O=C(c1ccccc1CN1CCCC1)N1CCC2(CC1)C[C@H](Oc1ccc(Cl)cc1)CO2. The number of hydrogen-bond acceptors (Lipinski definition) is 4. The molecule has 3 saturated heterocycles. The second-order valence-corrected chi connectivity index (χ2v) is 9.76. The van der Waals surface area contributed by atoms with E-state index in [9.17, 15) is 4.79 Å². The van der Waals surface area contributed by atoms with E-state index in [1.165, 1.54) is 12.8 Å². The molecule has 5 rings (SSSR count). The van der Waals surface area contributed by atoms with Gasteiger partial charge in [0.2, 0.25) is 0 Å². The van der Waals surface area contributed by atoms with Crippen LogP contribution in [0.4, 0.5) is 0 Å². The molecule has 5 nitrogen and oxygen atoms in total. The summed E-state index contributed by atoms with van der Waals surface area (Å²) in [6.45, 7) is 5.17. The maximum atomic E-state index is 13.4. The summed E-state index contributed by atoms with van der Waals surface area (Å²) in [6, 6.07) is 15.6. The van der Waals surface area contributed by atoms with Crippen molar-refractivity contribution >= 4 is 17.5 Å². The Morgan fingerprint density at radius 3 is 2.50 bits per heavy atom. The van der Waals surface area contributed by atoms with Gasteiger partial charge in [-0.05, 0) is 74.7 Å². The number of benzene rings is 2. The summed E-state index contributed by atoms with van der Waals surface area (Å²) in [6.07, 6.45) is 5.13. The van der Waals surface area contributed by atoms with Crippen LogP contribution in [0.15, 0.2) is 48.5 Å². The van der Waals surface area contributed by atoms with Gasteiger partial charge in [0.25, 0.3) is 5.91 Å². The molecule has 32 heavy (non-hydrogen) atoms. The van der Waals surface area contributed by atoms with Crippen LogP contribution in [0.1, 0.15) is 48.0 Å². The molecule has 3 aliphatic heterocycles. The maximum Gasteiger partial charge on any atom is 0.254 e. The van der Waals surface area contributed by atoms with Crippen molar-refractivity contribution in [1.82, 2.24) is 9.80 Å². The van der Waals surface area contributed by atoms with Gasteiger partial charge >= 0.3 is 0 Å². The first-order valence-corrected chi connectivity index (χ1v) is 12.1. The van der Waals surface area contributed by atoms with Gasteiger partial charge in [0.1, 0.15) is 11.9 Å². The summed E-state index contributed by atoms with van der Waals surface area (Å²) < 4.78 is 12.4. The van der Waals surface area contributed by atoms with Crippen molar-refractivity contribution in [2.24, 2.45) is 0 Å². The molecule has 1 amide bonds. The van der Waals surface area contributed by atoms with Crippen molar-refractivity contribution in [2.45, 2.75) is 50.4 Å². The minimum absolute atomic E-state index is 0.0413. The lowest BCUT2D eigenvalue weighted by Crippen LogP contribution is -2.47. The molecule has 2 aromatic rings. The fourth-order valence-electron chi connectivity index (χ4n) is 5.27. The number of halogens is 1. The van der Waals surface area contributed by atoms with E-state index in [1.54, 1.807) is 0 Å². The van der Waals surface area contributed by atoms with E-state index >= 15 is 0 Å². The number of carbonyl (C=O) groups excluding carboxylic acids is 1. The molecule has 2 aromatic carbocycles. The third-order valence-electron chi connectivity index (χ3n) is 7.09. The molecule has 0 N–H and O–H groups in total. The van der Waals surface area contributed by atoms with E-state index in [1.807, 2.05) is 47.4 Å². The number of amides is 1. The Labute approximate surface area is 195 Å². The molecule has 0 bridgehead atoms. The fraction of sp³-hybridized carbons (Fsp3) is 0.500. The Bertz CT molecular complexity index is 934. The predicted molar refractivity (Wildman–Crippen MR) is 125 cm³/mol. The number of piperidine rings is 1. The maximum absolute atomic E-state index is 13.4. The van der Waals surface area contributed by atoms with Crippen LogP contribution in [0, 0.1) is 0 Å². The summed E-state index contributed by atoms with van der Waals surface area (Å²) >= 11 is 5.97. The van der Waals surface area contributed by atoms with E-state index in [0.29, 0.717) is 11.6 Å². The molecule has 6 heteroatoms. The molecule has 0 radical (unpaired) electrons. The monoisotopic (exact) mass is 454 g/mol. The minimum atomic E-state index is -0.178. The van der Waals surface area contributed by atoms with Gasteiger partial charge in [-0.25, -0.2) is 0 Å². The van der Waals surface area contributed by atoms with Gasteiger partial charge < -0.3 is 14.4 Å². The average molecular weight is 455 g/mol. The van der Waals surface area contributed by atoms with Gasteiger partial charge in [0.05, 0.1) is 12.2 Å². The topological polar surface area (TPSA) is 42.0 Å². The lowest BCUT2D eigenvalue weighted by molar-refractivity contribution is -0.0396. The number of nitrogens with zero attached hydrogens (tertiary/aromatic N) is 2. The molecule has 0 saturated carbocycles. The molecule has 1 spiro atoms. The normalized spacial score (nSPS) is 23.0. The minimum Gasteiger partial charge on any atom is -0.488 e. The van der Waals surface area contributed by atoms with Crippen LogP contribution in [-0.4, -0.2) is 60.2 Å². The van der Waals surface area contributed by atoms with Crippen molar-refractivity contribution in [1.29, 1.82) is 0 Å². The van der Waals surface area contributed by atoms with Gasteiger partial charge in [-0.1, -0.05) is 29.8 Å². The molecule has 170 valence electrons. The standard InChI is InChI=1S/C26H31ClN2O3/c27-21-7-9-22(10-8-21)32-23-17-26(31-19-23)11-15-29(16-12-26)25(30)24-6-2-1-5-20(24)18-28-13-3-4-14-28/h1-2,5-10,23H,3-4,11-19H2/t23-/m0/s1. The fourth-order valence-corrected chi connectivity index (χ4v) is 5.39. The van der Waals surface area contributed by atoms with Gasteiger partial charge in [0, 0.05) is 36.6 Å². The summed E-state index contributed by atoms with van der Waals surface area (Å²) in [5.41, 5.74) is 1.82. The average Bonchev–Trinajstić information content (AvgIpc) is 3.46. The van der Waals surface area contributed by atoms with E-state index in [2.05, 4.69) is 11.0 Å². The quantitative estimate of drug-likeness (QED) is 0.652. The van der Waals surface area contributed by atoms with Crippen molar-refractivity contribution in [3.63, 3.8) is 0 Å². The van der Waals surface area contributed by atoms with Crippen LogP contribution in [-0.2, 0) is 11.3 Å². The molecule has 0 unspecified atom stereocenters.